The van der Waals surface area contributed by atoms with Crippen LogP contribution in [0.15, 0.2) is 24.3 Å². The van der Waals surface area contributed by atoms with Gasteiger partial charge in [-0.2, -0.15) is 0 Å². The number of hydrogen-bond donors (Lipinski definition) is 2. The van der Waals surface area contributed by atoms with Crippen LogP contribution in [0.5, 0.6) is 0 Å². The Morgan fingerprint density at radius 2 is 2.16 bits per heavy atom. The van der Waals surface area contributed by atoms with Gasteiger partial charge >= 0.3 is 0 Å². The lowest BCUT2D eigenvalue weighted by molar-refractivity contribution is -0.136. The molecule has 4 heteroatoms. The molecule has 19 heavy (non-hydrogen) atoms. The van der Waals surface area contributed by atoms with Crippen LogP contribution in [0.25, 0.3) is 0 Å². The number of carbonyl (C=O) groups is 1. The van der Waals surface area contributed by atoms with Crippen LogP contribution >= 0.6 is 0 Å². The third kappa shape index (κ3) is 2.32. The molecule has 1 atom stereocenters. The molecule has 1 fully saturated rings. The van der Waals surface area contributed by atoms with E-state index < -0.39 is 0 Å². The molecule has 102 valence electrons. The number of nitrogens with zero attached hydrogens (tertiary/aromatic N) is 1. The Morgan fingerprint density at radius 3 is 2.79 bits per heavy atom. The molecule has 1 heterocycles. The van der Waals surface area contributed by atoms with Gasteiger partial charge in [0.25, 0.3) is 0 Å². The van der Waals surface area contributed by atoms with E-state index in [4.69, 9.17) is 5.11 Å². The standard InChI is InChI=1S/C15H20N2O2/c18-9-8-17(12-5-3-6-12)15(19)14-10-11-4-1-2-7-13(11)16-14/h1-2,4,7,12,14,16,18H,3,5-6,8-10H2. The molecule has 1 aromatic rings. The minimum atomic E-state index is -0.162. The summed E-state index contributed by atoms with van der Waals surface area (Å²) in [6, 6.07) is 8.24. The number of amides is 1. The van der Waals surface area contributed by atoms with Gasteiger partial charge in [-0.25, -0.2) is 0 Å². The van der Waals surface area contributed by atoms with E-state index in [0.29, 0.717) is 12.6 Å². The zero-order valence-corrected chi connectivity index (χ0v) is 11.0. The van der Waals surface area contributed by atoms with Crippen LogP contribution in [0, 0.1) is 0 Å². The molecular formula is C15H20N2O2. The van der Waals surface area contributed by atoms with E-state index in [2.05, 4.69) is 11.4 Å². The molecule has 4 nitrogen and oxygen atoms in total. The molecule has 1 aromatic carbocycles. The third-order valence-corrected chi connectivity index (χ3v) is 4.21. The number of anilines is 1. The minimum Gasteiger partial charge on any atom is -0.395 e. The molecule has 1 saturated carbocycles. The first-order chi connectivity index (χ1) is 9.29. The molecular weight excluding hydrogens is 240 g/mol. The van der Waals surface area contributed by atoms with Crippen LogP contribution in [0.1, 0.15) is 24.8 Å². The maximum absolute atomic E-state index is 12.6. The van der Waals surface area contributed by atoms with Crippen LogP contribution < -0.4 is 5.32 Å². The molecule has 1 unspecified atom stereocenters. The van der Waals surface area contributed by atoms with E-state index in [1.165, 1.54) is 12.0 Å². The molecule has 1 aliphatic carbocycles. The Hall–Kier alpha value is -1.55. The molecule has 1 amide bonds. The first-order valence-electron chi connectivity index (χ1n) is 7.05. The van der Waals surface area contributed by atoms with Crippen molar-refractivity contribution in [3.63, 3.8) is 0 Å². The molecule has 0 bridgehead atoms. The summed E-state index contributed by atoms with van der Waals surface area (Å²) < 4.78 is 0. The van der Waals surface area contributed by atoms with Crippen molar-refractivity contribution in [1.82, 2.24) is 4.90 Å². The van der Waals surface area contributed by atoms with Crippen LogP contribution in [-0.4, -0.2) is 41.1 Å². The summed E-state index contributed by atoms with van der Waals surface area (Å²) in [5.41, 5.74) is 2.27. The van der Waals surface area contributed by atoms with Gasteiger partial charge in [0.05, 0.1) is 6.61 Å². The highest BCUT2D eigenvalue weighted by Crippen LogP contribution is 2.29. The molecule has 2 aliphatic rings. The second kappa shape index (κ2) is 5.21. The Kier molecular flexibility index (Phi) is 3.42. The average molecular weight is 260 g/mol. The average Bonchev–Trinajstić information content (AvgIpc) is 2.79. The first kappa shape index (κ1) is 12.5. The van der Waals surface area contributed by atoms with Gasteiger partial charge in [-0.3, -0.25) is 4.79 Å². The monoisotopic (exact) mass is 260 g/mol. The van der Waals surface area contributed by atoms with Gasteiger partial charge < -0.3 is 15.3 Å². The number of hydrogen-bond acceptors (Lipinski definition) is 3. The zero-order chi connectivity index (χ0) is 13.2. The predicted octanol–water partition coefficient (Wildman–Crippen LogP) is 1.40. The smallest absolute Gasteiger partial charge is 0.245 e. The number of carbonyl (C=O) groups excluding carboxylic acids is 1. The summed E-state index contributed by atoms with van der Waals surface area (Å²) in [6.45, 7) is 0.500. The van der Waals surface area contributed by atoms with E-state index in [-0.39, 0.29) is 18.6 Å². The number of benzene rings is 1. The number of para-hydroxylation sites is 1. The van der Waals surface area contributed by atoms with E-state index in [9.17, 15) is 4.79 Å². The number of nitrogens with one attached hydrogen (secondary N) is 1. The Morgan fingerprint density at radius 1 is 1.37 bits per heavy atom. The van der Waals surface area contributed by atoms with Crippen LogP contribution in [0.2, 0.25) is 0 Å². The summed E-state index contributed by atoms with van der Waals surface area (Å²) in [6.07, 6.45) is 4.10. The SMILES string of the molecule is O=C(C1Cc2ccccc2N1)N(CCO)C1CCC1. The van der Waals surface area contributed by atoms with Gasteiger partial charge in [0.15, 0.2) is 0 Å². The Bertz CT molecular complexity index is 446. The lowest BCUT2D eigenvalue weighted by atomic mass is 9.91. The normalized spacial score (nSPS) is 21.4. The number of fused-ring (bicyclic) bond motifs is 1. The molecule has 2 N–H and O–H groups in total. The van der Waals surface area contributed by atoms with Crippen molar-refractivity contribution in [1.29, 1.82) is 0 Å². The van der Waals surface area contributed by atoms with Crippen LogP contribution in [0.4, 0.5) is 5.69 Å². The largest absolute Gasteiger partial charge is 0.395 e. The second-order valence-electron chi connectivity index (χ2n) is 5.40. The molecule has 0 radical (unpaired) electrons. The predicted molar refractivity (Wildman–Crippen MR) is 74.0 cm³/mol. The van der Waals surface area contributed by atoms with Crippen molar-refractivity contribution in [2.45, 2.75) is 37.8 Å². The Balaban J connectivity index is 1.70. The van der Waals surface area contributed by atoms with E-state index in [1.807, 2.05) is 23.1 Å². The fraction of sp³-hybridized carbons (Fsp3) is 0.533. The van der Waals surface area contributed by atoms with E-state index in [1.54, 1.807) is 0 Å². The highest BCUT2D eigenvalue weighted by atomic mass is 16.3. The van der Waals surface area contributed by atoms with Gasteiger partial charge in [-0.15, -0.1) is 0 Å². The third-order valence-electron chi connectivity index (χ3n) is 4.21. The summed E-state index contributed by atoms with van der Waals surface area (Å²) >= 11 is 0. The topological polar surface area (TPSA) is 52.6 Å². The van der Waals surface area contributed by atoms with Crippen molar-refractivity contribution >= 4 is 11.6 Å². The van der Waals surface area contributed by atoms with Gasteiger partial charge in [0.1, 0.15) is 6.04 Å². The van der Waals surface area contributed by atoms with E-state index in [0.717, 1.165) is 24.9 Å². The fourth-order valence-corrected chi connectivity index (χ4v) is 2.93. The maximum atomic E-state index is 12.6. The van der Waals surface area contributed by atoms with Crippen molar-refractivity contribution in [3.05, 3.63) is 29.8 Å². The molecule has 0 aromatic heterocycles. The second-order valence-corrected chi connectivity index (χ2v) is 5.40. The van der Waals surface area contributed by atoms with Gasteiger partial charge in [-0.05, 0) is 30.9 Å². The van der Waals surface area contributed by atoms with Crippen molar-refractivity contribution < 1.29 is 9.90 Å². The van der Waals surface area contributed by atoms with Crippen LogP contribution in [-0.2, 0) is 11.2 Å². The minimum absolute atomic E-state index is 0.0436. The molecule has 0 spiro atoms. The molecule has 0 saturated heterocycles. The van der Waals surface area contributed by atoms with Gasteiger partial charge in [0, 0.05) is 24.7 Å². The van der Waals surface area contributed by atoms with Crippen molar-refractivity contribution in [3.8, 4) is 0 Å². The Labute approximate surface area is 113 Å². The first-order valence-corrected chi connectivity index (χ1v) is 7.05. The molecule has 1 aliphatic heterocycles. The lowest BCUT2D eigenvalue weighted by Gasteiger charge is -2.38. The fourth-order valence-electron chi connectivity index (χ4n) is 2.93. The zero-order valence-electron chi connectivity index (χ0n) is 11.0. The molecule has 3 rings (SSSR count). The highest BCUT2D eigenvalue weighted by molar-refractivity contribution is 5.87. The summed E-state index contributed by atoms with van der Waals surface area (Å²) in [4.78, 5) is 14.5. The lowest BCUT2D eigenvalue weighted by Crippen LogP contribution is -2.51. The highest BCUT2D eigenvalue weighted by Gasteiger charge is 2.35. The number of rotatable bonds is 4. The van der Waals surface area contributed by atoms with Crippen molar-refractivity contribution in [2.75, 3.05) is 18.5 Å². The van der Waals surface area contributed by atoms with Crippen LogP contribution in [0.3, 0.4) is 0 Å². The van der Waals surface area contributed by atoms with E-state index >= 15 is 0 Å². The summed E-state index contributed by atoms with van der Waals surface area (Å²) in [7, 11) is 0. The number of aliphatic hydroxyl groups is 1. The van der Waals surface area contributed by atoms with Gasteiger partial charge in [0.2, 0.25) is 5.91 Å². The maximum Gasteiger partial charge on any atom is 0.245 e. The number of aliphatic hydroxyl groups excluding tert-OH is 1. The summed E-state index contributed by atoms with van der Waals surface area (Å²) in [5.74, 6) is 0.134. The van der Waals surface area contributed by atoms with Gasteiger partial charge in [-0.1, -0.05) is 18.2 Å². The quantitative estimate of drug-likeness (QED) is 0.860. The summed E-state index contributed by atoms with van der Waals surface area (Å²) in [5, 5.41) is 12.5. The van der Waals surface area contributed by atoms with Crippen molar-refractivity contribution in [2.24, 2.45) is 0 Å².